The fourth-order valence-electron chi connectivity index (χ4n) is 0.728. The van der Waals surface area contributed by atoms with Crippen molar-refractivity contribution in [3.05, 3.63) is 24.3 Å². The third-order valence-electron chi connectivity index (χ3n) is 1.27. The molecule has 4 heteroatoms. The lowest BCUT2D eigenvalue weighted by Gasteiger charge is -2.03. The van der Waals surface area contributed by atoms with Gasteiger partial charge < -0.3 is 15.6 Å². The molecule has 1 aromatic rings. The Balaban J connectivity index is 2.75. The number of nitrogens with two attached hydrogens (primary N) is 1. The van der Waals surface area contributed by atoms with Crippen LogP contribution in [0.5, 0.6) is 5.75 Å². The summed E-state index contributed by atoms with van der Waals surface area (Å²) < 4.78 is 4.68. The molecule has 0 radical (unpaired) electrons. The molecule has 0 aliphatic carbocycles. The van der Waals surface area contributed by atoms with Crippen LogP contribution in [-0.2, 0) is 4.79 Å². The number of anilines is 1. The number of nitrogen functional groups attached to an aromatic ring is 1. The molecule has 1 rings (SSSR count). The van der Waals surface area contributed by atoms with Gasteiger partial charge in [-0.1, -0.05) is 12.1 Å². The zero-order valence-corrected chi connectivity index (χ0v) is 6.36. The number of benzene rings is 1. The average molecular weight is 167 g/mol. The predicted molar refractivity (Wildman–Crippen MR) is 43.6 cm³/mol. The van der Waals surface area contributed by atoms with E-state index in [9.17, 15) is 4.79 Å². The summed E-state index contributed by atoms with van der Waals surface area (Å²) in [5.74, 6) is -0.440. The van der Waals surface area contributed by atoms with E-state index in [-0.39, 0.29) is 5.75 Å². The molecule has 0 saturated heterocycles. The Kier molecular flexibility index (Phi) is 2.66. The van der Waals surface area contributed by atoms with Crippen LogP contribution in [0.3, 0.4) is 0 Å². The van der Waals surface area contributed by atoms with E-state index in [1.54, 1.807) is 24.3 Å². The van der Waals surface area contributed by atoms with Crippen LogP contribution < -0.4 is 10.5 Å². The topological polar surface area (TPSA) is 72.5 Å². The van der Waals surface area contributed by atoms with E-state index in [1.807, 2.05) is 0 Å². The van der Waals surface area contributed by atoms with Gasteiger partial charge in [-0.2, -0.15) is 0 Å². The van der Waals surface area contributed by atoms with Crippen LogP contribution in [0.4, 0.5) is 5.69 Å². The lowest BCUT2D eigenvalue weighted by Crippen LogP contribution is -2.12. The number of hydrogen-bond donors (Lipinski definition) is 2. The van der Waals surface area contributed by atoms with E-state index in [2.05, 4.69) is 4.74 Å². The molecule has 0 unspecified atom stereocenters. The van der Waals surface area contributed by atoms with Crippen LogP contribution in [0.15, 0.2) is 24.3 Å². The average Bonchev–Trinajstić information content (AvgIpc) is 2.09. The van der Waals surface area contributed by atoms with Crippen molar-refractivity contribution in [2.45, 2.75) is 0 Å². The fraction of sp³-hybridized carbons (Fsp3) is 0.125. The molecule has 0 amide bonds. The van der Waals surface area contributed by atoms with Crippen molar-refractivity contribution in [3.63, 3.8) is 0 Å². The van der Waals surface area contributed by atoms with E-state index >= 15 is 0 Å². The van der Waals surface area contributed by atoms with Gasteiger partial charge in [-0.05, 0) is 12.1 Å². The van der Waals surface area contributed by atoms with Gasteiger partial charge in [-0.3, -0.25) is 0 Å². The van der Waals surface area contributed by atoms with E-state index in [1.165, 1.54) is 0 Å². The van der Waals surface area contributed by atoms with Gasteiger partial charge >= 0.3 is 5.97 Å². The minimum absolute atomic E-state index is 0.275. The lowest BCUT2D eigenvalue weighted by atomic mass is 10.3. The van der Waals surface area contributed by atoms with Crippen LogP contribution in [0, 0.1) is 0 Å². The summed E-state index contributed by atoms with van der Waals surface area (Å²) >= 11 is 0. The van der Waals surface area contributed by atoms with Gasteiger partial charge in [0.15, 0.2) is 5.75 Å². The number of carbonyl (C=O) groups is 1. The van der Waals surface area contributed by atoms with Gasteiger partial charge in [0.25, 0.3) is 0 Å². The van der Waals surface area contributed by atoms with E-state index in [4.69, 9.17) is 10.8 Å². The molecular weight excluding hydrogens is 158 g/mol. The van der Waals surface area contributed by atoms with Gasteiger partial charge in [-0.25, -0.2) is 4.79 Å². The normalized spacial score (nSPS) is 9.42. The lowest BCUT2D eigenvalue weighted by molar-refractivity contribution is -0.137. The van der Waals surface area contributed by atoms with Crippen molar-refractivity contribution in [1.82, 2.24) is 0 Å². The van der Waals surface area contributed by atoms with E-state index in [0.717, 1.165) is 0 Å². The number of rotatable bonds is 2. The largest absolute Gasteiger partial charge is 0.423 e. The summed E-state index contributed by atoms with van der Waals surface area (Å²) in [7, 11) is 0. The highest BCUT2D eigenvalue weighted by Gasteiger charge is 2.04. The van der Waals surface area contributed by atoms with Crippen molar-refractivity contribution in [2.75, 3.05) is 12.3 Å². The highest BCUT2D eigenvalue weighted by Crippen LogP contribution is 2.19. The molecule has 0 saturated carbocycles. The first-order valence-corrected chi connectivity index (χ1v) is 3.40. The summed E-state index contributed by atoms with van der Waals surface area (Å²) in [6.07, 6.45) is 0. The minimum Gasteiger partial charge on any atom is -0.423 e. The zero-order valence-electron chi connectivity index (χ0n) is 6.36. The number of para-hydroxylation sites is 2. The van der Waals surface area contributed by atoms with Crippen molar-refractivity contribution >= 4 is 11.7 Å². The Labute approximate surface area is 69.6 Å². The van der Waals surface area contributed by atoms with Crippen LogP contribution in [0.25, 0.3) is 0 Å². The summed E-state index contributed by atoms with van der Waals surface area (Å²) in [5, 5.41) is 8.37. The van der Waals surface area contributed by atoms with Crippen LogP contribution in [0.2, 0.25) is 0 Å². The Morgan fingerprint density at radius 1 is 1.50 bits per heavy atom. The van der Waals surface area contributed by atoms with Crippen molar-refractivity contribution in [3.8, 4) is 5.75 Å². The van der Waals surface area contributed by atoms with Gasteiger partial charge in [0.1, 0.15) is 6.61 Å². The number of carbonyl (C=O) groups excluding carboxylic acids is 1. The number of aliphatic hydroxyl groups excluding tert-OH is 1. The molecule has 0 atom stereocenters. The number of aliphatic hydroxyl groups is 1. The molecular formula is C8H9NO3. The molecule has 0 aliphatic heterocycles. The van der Waals surface area contributed by atoms with Gasteiger partial charge in [0, 0.05) is 0 Å². The maximum absolute atomic E-state index is 10.6. The second-order valence-corrected chi connectivity index (χ2v) is 2.17. The van der Waals surface area contributed by atoms with Gasteiger partial charge in [0.05, 0.1) is 5.69 Å². The predicted octanol–water partition coefficient (Wildman–Crippen LogP) is 0.166. The summed E-state index contributed by atoms with van der Waals surface area (Å²) in [4.78, 5) is 10.6. The zero-order chi connectivity index (χ0) is 8.97. The molecule has 0 spiro atoms. The highest BCUT2D eigenvalue weighted by molar-refractivity contribution is 5.75. The summed E-state index contributed by atoms with van der Waals surface area (Å²) in [6.45, 7) is -0.645. The second-order valence-electron chi connectivity index (χ2n) is 2.17. The Morgan fingerprint density at radius 3 is 2.75 bits per heavy atom. The van der Waals surface area contributed by atoms with Gasteiger partial charge in [0.2, 0.25) is 0 Å². The molecule has 0 heterocycles. The third-order valence-corrected chi connectivity index (χ3v) is 1.27. The molecule has 12 heavy (non-hydrogen) atoms. The third kappa shape index (κ3) is 1.96. The molecule has 4 nitrogen and oxygen atoms in total. The van der Waals surface area contributed by atoms with Crippen molar-refractivity contribution in [2.24, 2.45) is 0 Å². The first-order valence-electron chi connectivity index (χ1n) is 3.40. The minimum atomic E-state index is -0.715. The molecule has 3 N–H and O–H groups in total. The number of hydrogen-bond acceptors (Lipinski definition) is 4. The molecule has 0 bridgehead atoms. The quantitative estimate of drug-likeness (QED) is 0.374. The summed E-state index contributed by atoms with van der Waals surface area (Å²) in [6, 6.07) is 6.59. The Morgan fingerprint density at radius 2 is 2.17 bits per heavy atom. The smallest absolute Gasteiger partial charge is 0.337 e. The maximum atomic E-state index is 10.6. The van der Waals surface area contributed by atoms with Crippen LogP contribution in [0.1, 0.15) is 0 Å². The first kappa shape index (κ1) is 8.55. The first-order chi connectivity index (χ1) is 5.74. The monoisotopic (exact) mass is 167 g/mol. The SMILES string of the molecule is Nc1ccccc1OC(=O)CO. The van der Waals surface area contributed by atoms with E-state index in [0.29, 0.717) is 5.69 Å². The summed E-state index contributed by atoms with van der Waals surface area (Å²) in [5.41, 5.74) is 5.84. The van der Waals surface area contributed by atoms with E-state index < -0.39 is 12.6 Å². The van der Waals surface area contributed by atoms with Gasteiger partial charge in [-0.15, -0.1) is 0 Å². The second kappa shape index (κ2) is 3.73. The molecule has 0 aromatic heterocycles. The van der Waals surface area contributed by atoms with Crippen LogP contribution >= 0.6 is 0 Å². The number of ether oxygens (including phenoxy) is 1. The number of esters is 1. The molecule has 0 fully saturated rings. The van der Waals surface area contributed by atoms with Crippen molar-refractivity contribution in [1.29, 1.82) is 0 Å². The molecule has 64 valence electrons. The molecule has 1 aromatic carbocycles. The Bertz CT molecular complexity index is 285. The van der Waals surface area contributed by atoms with Crippen LogP contribution in [-0.4, -0.2) is 17.7 Å². The maximum Gasteiger partial charge on any atom is 0.337 e. The van der Waals surface area contributed by atoms with Crippen molar-refractivity contribution < 1.29 is 14.6 Å². The highest BCUT2D eigenvalue weighted by atomic mass is 16.5. The molecule has 0 aliphatic rings. The Hall–Kier alpha value is -1.55. The standard InChI is InChI=1S/C8H9NO3/c9-6-3-1-2-4-7(6)12-8(11)5-10/h1-4,10H,5,9H2. The fourth-order valence-corrected chi connectivity index (χ4v) is 0.728.